The van der Waals surface area contributed by atoms with Crippen LogP contribution >= 0.6 is 12.2 Å². The second kappa shape index (κ2) is 5.05. The summed E-state index contributed by atoms with van der Waals surface area (Å²) in [5.74, 6) is -0.898. The molecule has 0 radical (unpaired) electrons. The molecule has 1 aromatic heterocycles. The molecule has 2 aromatic rings. The molecule has 0 aliphatic rings. The van der Waals surface area contributed by atoms with Gasteiger partial charge in [0.05, 0.1) is 5.69 Å². The van der Waals surface area contributed by atoms with Crippen molar-refractivity contribution in [3.05, 3.63) is 53.7 Å². The van der Waals surface area contributed by atoms with Crippen molar-refractivity contribution in [2.75, 3.05) is 5.32 Å². The van der Waals surface area contributed by atoms with E-state index in [2.05, 4.69) is 10.3 Å². The lowest BCUT2D eigenvalue weighted by Gasteiger charge is -2.07. The van der Waals surface area contributed by atoms with Gasteiger partial charge in [0.25, 0.3) is 0 Å². The normalized spacial score (nSPS) is 10.1. The molecular weight excluding hydrogens is 256 g/mol. The highest BCUT2D eigenvalue weighted by atomic mass is 32.1. The number of pyridine rings is 1. The zero-order valence-electron chi connectivity index (χ0n) is 9.15. The first-order valence-electron chi connectivity index (χ1n) is 5.04. The highest BCUT2D eigenvalue weighted by molar-refractivity contribution is 7.80. The zero-order valence-corrected chi connectivity index (χ0v) is 9.97. The Morgan fingerprint density at radius 2 is 2.00 bits per heavy atom. The smallest absolute Gasteiger partial charge is 0.149 e. The van der Waals surface area contributed by atoms with Gasteiger partial charge in [0.2, 0.25) is 0 Å². The van der Waals surface area contributed by atoms with Gasteiger partial charge in [0.15, 0.2) is 0 Å². The Labute approximate surface area is 108 Å². The van der Waals surface area contributed by atoms with E-state index in [1.807, 2.05) is 0 Å². The van der Waals surface area contributed by atoms with Gasteiger partial charge in [-0.2, -0.15) is 0 Å². The largest absolute Gasteiger partial charge is 0.389 e. The van der Waals surface area contributed by atoms with Crippen LogP contribution < -0.4 is 11.1 Å². The van der Waals surface area contributed by atoms with Crippen molar-refractivity contribution in [2.45, 2.75) is 0 Å². The Kier molecular flexibility index (Phi) is 3.47. The third-order valence-electron chi connectivity index (χ3n) is 2.24. The third kappa shape index (κ3) is 2.78. The van der Waals surface area contributed by atoms with Crippen LogP contribution in [0.2, 0.25) is 0 Å². The highest BCUT2D eigenvalue weighted by Crippen LogP contribution is 2.19. The van der Waals surface area contributed by atoms with Crippen molar-refractivity contribution in [3.63, 3.8) is 0 Å². The lowest BCUT2D eigenvalue weighted by atomic mass is 10.2. The zero-order chi connectivity index (χ0) is 13.1. The molecule has 1 aromatic carbocycles. The number of hydrogen-bond acceptors (Lipinski definition) is 3. The van der Waals surface area contributed by atoms with Crippen molar-refractivity contribution in [2.24, 2.45) is 5.73 Å². The first-order chi connectivity index (χ1) is 8.56. The Balaban J connectivity index is 2.21. The second-order valence-corrected chi connectivity index (χ2v) is 3.99. The third-order valence-corrected chi connectivity index (χ3v) is 2.48. The summed E-state index contributed by atoms with van der Waals surface area (Å²) in [6, 6.07) is 6.53. The van der Waals surface area contributed by atoms with E-state index >= 15 is 0 Å². The van der Waals surface area contributed by atoms with Gasteiger partial charge in [-0.05, 0) is 24.3 Å². The van der Waals surface area contributed by atoms with Crippen LogP contribution in [-0.4, -0.2) is 9.97 Å². The van der Waals surface area contributed by atoms with E-state index in [-0.39, 0.29) is 10.7 Å². The van der Waals surface area contributed by atoms with E-state index < -0.39 is 11.6 Å². The quantitative estimate of drug-likeness (QED) is 0.838. The van der Waals surface area contributed by atoms with Crippen molar-refractivity contribution in [1.29, 1.82) is 0 Å². The maximum Gasteiger partial charge on any atom is 0.149 e. The number of benzene rings is 1. The predicted octanol–water partition coefficient (Wildman–Crippen LogP) is 2.74. The lowest BCUT2D eigenvalue weighted by molar-refractivity contribution is 0.586. The summed E-state index contributed by atoms with van der Waals surface area (Å²) < 4.78 is 26.1. The minimum Gasteiger partial charge on any atom is -0.389 e. The molecule has 18 heavy (non-hydrogen) atoms. The van der Waals surface area contributed by atoms with E-state index in [1.165, 1.54) is 12.3 Å². The average Bonchev–Trinajstić information content (AvgIpc) is 2.33. The van der Waals surface area contributed by atoms with E-state index in [9.17, 15) is 8.78 Å². The van der Waals surface area contributed by atoms with Gasteiger partial charge in [0, 0.05) is 17.8 Å². The lowest BCUT2D eigenvalue weighted by Crippen LogP contribution is -2.09. The Bertz CT molecular complexity index is 584. The van der Waals surface area contributed by atoms with Gasteiger partial charge in [-0.15, -0.1) is 0 Å². The number of hydrogen-bond donors (Lipinski definition) is 2. The molecule has 0 bridgehead atoms. The Hall–Kier alpha value is -2.08. The van der Waals surface area contributed by atoms with Gasteiger partial charge in [-0.3, -0.25) is 0 Å². The second-order valence-electron chi connectivity index (χ2n) is 3.55. The number of nitrogens with two attached hydrogens (primary N) is 1. The predicted molar refractivity (Wildman–Crippen MR) is 69.8 cm³/mol. The molecule has 0 atom stereocenters. The first-order valence-corrected chi connectivity index (χ1v) is 5.45. The number of aromatic nitrogens is 1. The Morgan fingerprint density at radius 3 is 2.56 bits per heavy atom. The minimum atomic E-state index is -0.685. The number of nitrogens with zero attached hydrogens (tertiary/aromatic N) is 1. The summed E-state index contributed by atoms with van der Waals surface area (Å²) in [6.45, 7) is 0. The van der Waals surface area contributed by atoms with Crippen LogP contribution in [0.1, 0.15) is 5.56 Å². The molecule has 6 heteroatoms. The molecule has 0 saturated heterocycles. The molecule has 0 fully saturated rings. The topological polar surface area (TPSA) is 50.9 Å². The number of thiocarbonyl (C=S) groups is 1. The molecule has 0 spiro atoms. The standard InChI is InChI=1S/C12H9F2N3S/c13-8-2-3-10(9(14)5-8)17-11-4-1-7(6-16-11)12(15)18/h1-6H,(H2,15,18)(H,16,17). The fraction of sp³-hybridized carbons (Fsp3) is 0. The van der Waals surface area contributed by atoms with Gasteiger partial charge >= 0.3 is 0 Å². The van der Waals surface area contributed by atoms with Crippen molar-refractivity contribution in [1.82, 2.24) is 4.98 Å². The number of nitrogens with one attached hydrogen (secondary N) is 1. The Morgan fingerprint density at radius 1 is 1.22 bits per heavy atom. The molecule has 0 unspecified atom stereocenters. The summed E-state index contributed by atoms with van der Waals surface area (Å²) in [5, 5.41) is 2.73. The van der Waals surface area contributed by atoms with Crippen LogP contribution in [0.5, 0.6) is 0 Å². The molecule has 1 heterocycles. The molecule has 0 saturated carbocycles. The van der Waals surface area contributed by atoms with E-state index in [1.54, 1.807) is 12.1 Å². The van der Waals surface area contributed by atoms with Crippen LogP contribution in [-0.2, 0) is 0 Å². The summed E-state index contributed by atoms with van der Waals surface area (Å²) in [7, 11) is 0. The van der Waals surface area contributed by atoms with Crippen molar-refractivity contribution >= 4 is 28.7 Å². The van der Waals surface area contributed by atoms with Crippen molar-refractivity contribution in [3.8, 4) is 0 Å². The fourth-order valence-corrected chi connectivity index (χ4v) is 1.46. The average molecular weight is 265 g/mol. The molecule has 3 N–H and O–H groups in total. The summed E-state index contributed by atoms with van der Waals surface area (Å²) in [5.41, 5.74) is 6.19. The van der Waals surface area contributed by atoms with Crippen LogP contribution in [0.15, 0.2) is 36.5 Å². The SMILES string of the molecule is NC(=S)c1ccc(Nc2ccc(F)cc2F)nc1. The number of halogens is 2. The van der Waals surface area contributed by atoms with E-state index in [0.717, 1.165) is 12.1 Å². The van der Waals surface area contributed by atoms with Crippen LogP contribution in [0.3, 0.4) is 0 Å². The van der Waals surface area contributed by atoms with Crippen molar-refractivity contribution < 1.29 is 8.78 Å². The molecule has 3 nitrogen and oxygen atoms in total. The molecular formula is C12H9F2N3S. The van der Waals surface area contributed by atoms with Gasteiger partial charge < -0.3 is 11.1 Å². The summed E-state index contributed by atoms with van der Waals surface area (Å²) in [4.78, 5) is 4.26. The first kappa shape index (κ1) is 12.4. The fourth-order valence-electron chi connectivity index (χ4n) is 1.34. The summed E-state index contributed by atoms with van der Waals surface area (Å²) >= 11 is 4.79. The molecule has 92 valence electrons. The highest BCUT2D eigenvalue weighted by Gasteiger charge is 2.05. The summed E-state index contributed by atoms with van der Waals surface area (Å²) in [6.07, 6.45) is 1.48. The van der Waals surface area contributed by atoms with E-state index in [4.69, 9.17) is 18.0 Å². The number of anilines is 2. The maximum absolute atomic E-state index is 13.4. The monoisotopic (exact) mass is 265 g/mol. The van der Waals surface area contributed by atoms with Gasteiger partial charge in [-0.25, -0.2) is 13.8 Å². The van der Waals surface area contributed by atoms with Gasteiger partial charge in [0.1, 0.15) is 22.4 Å². The number of rotatable bonds is 3. The maximum atomic E-state index is 13.4. The molecule has 0 aliphatic carbocycles. The van der Waals surface area contributed by atoms with Crippen LogP contribution in [0, 0.1) is 11.6 Å². The van der Waals surface area contributed by atoms with Gasteiger partial charge in [-0.1, -0.05) is 12.2 Å². The molecule has 0 amide bonds. The van der Waals surface area contributed by atoms with Crippen LogP contribution in [0.25, 0.3) is 0 Å². The molecule has 2 rings (SSSR count). The molecule has 0 aliphatic heterocycles. The minimum absolute atomic E-state index is 0.145. The van der Waals surface area contributed by atoms with E-state index in [0.29, 0.717) is 11.4 Å². The van der Waals surface area contributed by atoms with Crippen LogP contribution in [0.4, 0.5) is 20.3 Å².